The van der Waals surface area contributed by atoms with Crippen LogP contribution in [0.3, 0.4) is 0 Å². The van der Waals surface area contributed by atoms with Gasteiger partial charge in [0.05, 0.1) is 0 Å². The number of carbonyl (C=O) groups is 1. The van der Waals surface area contributed by atoms with Crippen LogP contribution in [0, 0.1) is 5.41 Å². The summed E-state index contributed by atoms with van der Waals surface area (Å²) in [6.45, 7) is 2.96. The van der Waals surface area contributed by atoms with Gasteiger partial charge in [-0.15, -0.1) is 24.2 Å². The van der Waals surface area contributed by atoms with E-state index in [0.29, 0.717) is 17.4 Å². The molecule has 0 bridgehead atoms. The van der Waals surface area contributed by atoms with Crippen LogP contribution in [0.25, 0.3) is 0 Å². The zero-order valence-electron chi connectivity index (χ0n) is 15.9. The number of nitrogens with zero attached hydrogens (tertiary/aromatic N) is 1. The molecule has 1 spiro atoms. The van der Waals surface area contributed by atoms with E-state index in [1.165, 1.54) is 36.0 Å². The molecule has 0 radical (unpaired) electrons. The van der Waals surface area contributed by atoms with Crippen molar-refractivity contribution in [2.75, 3.05) is 18.8 Å². The maximum absolute atomic E-state index is 13.8. The van der Waals surface area contributed by atoms with Gasteiger partial charge in [-0.1, -0.05) is 24.3 Å². The third-order valence-electron chi connectivity index (χ3n) is 6.56. The first-order valence-corrected chi connectivity index (χ1v) is 12.0. The second-order valence-electron chi connectivity index (χ2n) is 8.13. The molecule has 1 aromatic heterocycles. The number of piperidine rings is 1. The van der Waals surface area contributed by atoms with Gasteiger partial charge < -0.3 is 10.2 Å². The summed E-state index contributed by atoms with van der Waals surface area (Å²) in [7, 11) is 0. The minimum absolute atomic E-state index is 0. The van der Waals surface area contributed by atoms with Crippen LogP contribution in [0.2, 0.25) is 0 Å². The molecule has 2 fully saturated rings. The highest BCUT2D eigenvalue weighted by atomic mass is 35.5. The summed E-state index contributed by atoms with van der Waals surface area (Å²) in [5.74, 6) is 1.37. The van der Waals surface area contributed by atoms with Gasteiger partial charge >= 0.3 is 0 Å². The predicted molar refractivity (Wildman–Crippen MR) is 120 cm³/mol. The first-order chi connectivity index (χ1) is 13.3. The van der Waals surface area contributed by atoms with E-state index < -0.39 is 0 Å². The molecule has 1 N–H and O–H groups in total. The zero-order chi connectivity index (χ0) is 18.3. The minimum Gasteiger partial charge on any atom is -0.334 e. The second-order valence-corrected chi connectivity index (χ2v) is 10.1. The molecule has 3 heterocycles. The molecule has 1 aliphatic carbocycles. The molecule has 28 heavy (non-hydrogen) atoms. The first-order valence-electron chi connectivity index (χ1n) is 9.99. The lowest BCUT2D eigenvalue weighted by molar-refractivity contribution is -0.132. The average Bonchev–Trinajstić information content (AvgIpc) is 3.14. The Bertz CT molecular complexity index is 820. The number of amides is 1. The van der Waals surface area contributed by atoms with Crippen molar-refractivity contribution in [2.24, 2.45) is 5.41 Å². The smallest absolute Gasteiger partial charge is 0.240 e. The monoisotopic (exact) mass is 434 g/mol. The van der Waals surface area contributed by atoms with E-state index in [0.717, 1.165) is 31.8 Å². The molecule has 5 rings (SSSR count). The third kappa shape index (κ3) is 3.74. The lowest BCUT2D eigenvalue weighted by atomic mass is 9.93. The Morgan fingerprint density at radius 1 is 1.21 bits per heavy atom. The number of halogens is 1. The summed E-state index contributed by atoms with van der Waals surface area (Å²) in [6, 6.07) is 11.1. The Hall–Kier alpha value is -1.01. The Morgan fingerprint density at radius 3 is 2.82 bits per heavy atom. The maximum atomic E-state index is 13.8. The largest absolute Gasteiger partial charge is 0.334 e. The van der Waals surface area contributed by atoms with Crippen LogP contribution in [0.4, 0.5) is 0 Å². The van der Waals surface area contributed by atoms with Gasteiger partial charge in [-0.25, -0.2) is 0 Å². The third-order valence-corrected chi connectivity index (χ3v) is 8.52. The zero-order valence-corrected chi connectivity index (χ0v) is 18.4. The highest BCUT2D eigenvalue weighted by molar-refractivity contribution is 8.00. The van der Waals surface area contributed by atoms with Crippen LogP contribution < -0.4 is 5.32 Å². The van der Waals surface area contributed by atoms with Gasteiger partial charge in [-0.3, -0.25) is 4.79 Å². The molecular weight excluding hydrogens is 408 g/mol. The maximum Gasteiger partial charge on any atom is 0.240 e. The van der Waals surface area contributed by atoms with Gasteiger partial charge in [-0.2, -0.15) is 11.3 Å². The summed E-state index contributed by atoms with van der Waals surface area (Å²) in [6.07, 6.45) is 4.68. The molecular formula is C22H27ClN2OS2. The standard InChI is InChI=1S/C22H26N2OS2.ClH/c25-21(20-18-4-2-1-3-17(18)6-12-27-20)24(14-16-5-11-26-15-16)19-13-22(19)7-9-23-10-8-22;/h1-5,11,15,19-20,23H,6-10,12-14H2;1H. The molecule has 2 aliphatic heterocycles. The van der Waals surface area contributed by atoms with E-state index in [1.807, 2.05) is 11.8 Å². The summed E-state index contributed by atoms with van der Waals surface area (Å²) in [5, 5.41) is 7.77. The van der Waals surface area contributed by atoms with Gasteiger partial charge in [0.25, 0.3) is 0 Å². The van der Waals surface area contributed by atoms with Gasteiger partial charge in [0, 0.05) is 12.6 Å². The van der Waals surface area contributed by atoms with Crippen molar-refractivity contribution in [2.45, 2.75) is 43.5 Å². The lowest BCUT2D eigenvalue weighted by Gasteiger charge is -2.33. The number of thiophene rings is 1. The van der Waals surface area contributed by atoms with E-state index in [4.69, 9.17) is 0 Å². The van der Waals surface area contributed by atoms with Crippen molar-refractivity contribution in [1.29, 1.82) is 0 Å². The molecule has 150 valence electrons. The fraction of sp³-hybridized carbons (Fsp3) is 0.500. The van der Waals surface area contributed by atoms with E-state index >= 15 is 0 Å². The number of hydrogen-bond acceptors (Lipinski definition) is 4. The molecule has 1 aromatic carbocycles. The summed E-state index contributed by atoms with van der Waals surface area (Å²) in [5.41, 5.74) is 4.25. The van der Waals surface area contributed by atoms with Crippen molar-refractivity contribution in [3.63, 3.8) is 0 Å². The Labute approximate surface area is 181 Å². The second kappa shape index (κ2) is 8.39. The quantitative estimate of drug-likeness (QED) is 0.758. The number of fused-ring (bicyclic) bond motifs is 1. The van der Waals surface area contributed by atoms with E-state index in [1.54, 1.807) is 11.3 Å². The summed E-state index contributed by atoms with van der Waals surface area (Å²) >= 11 is 3.56. The van der Waals surface area contributed by atoms with E-state index in [9.17, 15) is 4.79 Å². The molecule has 3 aliphatic rings. The number of nitrogens with one attached hydrogen (secondary N) is 1. The normalized spacial score (nSPS) is 24.9. The van der Waals surface area contributed by atoms with Crippen molar-refractivity contribution in [3.05, 3.63) is 57.8 Å². The van der Waals surface area contributed by atoms with Gasteiger partial charge in [0.15, 0.2) is 0 Å². The fourth-order valence-electron chi connectivity index (χ4n) is 4.90. The number of carbonyl (C=O) groups excluding carboxylic acids is 1. The molecule has 1 saturated heterocycles. The molecule has 2 aromatic rings. The minimum atomic E-state index is -0.0343. The molecule has 3 nitrogen and oxygen atoms in total. The lowest BCUT2D eigenvalue weighted by Crippen LogP contribution is -2.41. The summed E-state index contributed by atoms with van der Waals surface area (Å²) in [4.78, 5) is 16.0. The van der Waals surface area contributed by atoms with Crippen molar-refractivity contribution in [3.8, 4) is 0 Å². The first kappa shape index (κ1) is 20.3. The SMILES string of the molecule is Cl.O=C(C1SCCc2ccccc21)N(Cc1ccsc1)C1CC12CCNCC2. The number of thioether (sulfide) groups is 1. The van der Waals surface area contributed by atoms with Crippen LogP contribution in [0.15, 0.2) is 41.1 Å². The highest BCUT2D eigenvalue weighted by Gasteiger charge is 2.58. The number of benzene rings is 1. The van der Waals surface area contributed by atoms with Crippen LogP contribution in [-0.4, -0.2) is 35.7 Å². The fourth-order valence-corrected chi connectivity index (χ4v) is 6.82. The van der Waals surface area contributed by atoms with Crippen molar-refractivity contribution in [1.82, 2.24) is 10.2 Å². The topological polar surface area (TPSA) is 32.3 Å². The predicted octanol–water partition coefficient (Wildman–Crippen LogP) is 4.67. The molecule has 2 atom stereocenters. The number of rotatable bonds is 4. The van der Waals surface area contributed by atoms with Crippen LogP contribution in [-0.2, 0) is 17.8 Å². The van der Waals surface area contributed by atoms with E-state index in [-0.39, 0.29) is 17.7 Å². The van der Waals surface area contributed by atoms with Gasteiger partial charge in [-0.05, 0) is 83.5 Å². The Morgan fingerprint density at radius 2 is 2.04 bits per heavy atom. The van der Waals surface area contributed by atoms with Crippen molar-refractivity contribution >= 4 is 41.4 Å². The highest BCUT2D eigenvalue weighted by Crippen LogP contribution is 2.57. The average molecular weight is 435 g/mol. The summed E-state index contributed by atoms with van der Waals surface area (Å²) < 4.78 is 0. The van der Waals surface area contributed by atoms with E-state index in [2.05, 4.69) is 51.3 Å². The number of hydrogen-bond donors (Lipinski definition) is 1. The van der Waals surface area contributed by atoms with Crippen LogP contribution in [0.1, 0.15) is 41.2 Å². The van der Waals surface area contributed by atoms with Crippen molar-refractivity contribution < 1.29 is 4.79 Å². The number of aryl methyl sites for hydroxylation is 1. The molecule has 6 heteroatoms. The molecule has 1 saturated carbocycles. The Balaban J connectivity index is 0.00000192. The Kier molecular flexibility index (Phi) is 6.07. The molecule has 1 amide bonds. The van der Waals surface area contributed by atoms with Gasteiger partial charge in [0.2, 0.25) is 5.91 Å². The van der Waals surface area contributed by atoms with Gasteiger partial charge in [0.1, 0.15) is 5.25 Å². The van der Waals surface area contributed by atoms with Crippen LogP contribution >= 0.6 is 35.5 Å². The molecule has 2 unspecified atom stereocenters. The van der Waals surface area contributed by atoms with Crippen LogP contribution in [0.5, 0.6) is 0 Å².